The second-order valence-electron chi connectivity index (χ2n) is 5.18. The van der Waals surface area contributed by atoms with Crippen molar-refractivity contribution in [1.29, 1.82) is 0 Å². The molecule has 0 fully saturated rings. The van der Waals surface area contributed by atoms with Crippen molar-refractivity contribution in [1.82, 2.24) is 4.90 Å². The molecule has 2 nitrogen and oxygen atoms in total. The number of hydrogen-bond donors (Lipinski definition) is 0. The summed E-state index contributed by atoms with van der Waals surface area (Å²) in [5, 5.41) is 0. The molecule has 0 aliphatic heterocycles. The van der Waals surface area contributed by atoms with Crippen molar-refractivity contribution in [3.8, 4) is 0 Å². The third-order valence-electron chi connectivity index (χ3n) is 4.01. The number of hydrogen-bond acceptors (Lipinski definition) is 2. The van der Waals surface area contributed by atoms with Gasteiger partial charge in [-0.1, -0.05) is 64.3 Å². The normalized spacial score (nSPS) is 22.1. The van der Waals surface area contributed by atoms with Crippen molar-refractivity contribution in [3.63, 3.8) is 0 Å². The monoisotopic (exact) mass is 262 g/mol. The zero-order chi connectivity index (χ0) is 14.1. The van der Waals surface area contributed by atoms with E-state index in [4.69, 9.17) is 0 Å². The molecular weight excluding hydrogens is 234 g/mol. The Hall–Kier alpha value is -0.890. The van der Waals surface area contributed by atoms with E-state index >= 15 is 0 Å². The van der Waals surface area contributed by atoms with E-state index in [2.05, 4.69) is 37.8 Å². The second kappa shape index (κ2) is 8.31. The lowest BCUT2D eigenvalue weighted by atomic mass is 9.82. The molecule has 0 saturated heterocycles. The molecular formula is C17H28NO. The fraction of sp³-hybridized carbons (Fsp3) is 0.647. The average molecular weight is 262 g/mol. The van der Waals surface area contributed by atoms with Crippen molar-refractivity contribution in [3.05, 3.63) is 31.2 Å². The third-order valence-corrected chi connectivity index (χ3v) is 4.01. The molecule has 107 valence electrons. The maximum atomic E-state index is 12.7. The summed E-state index contributed by atoms with van der Waals surface area (Å²) in [6.07, 6.45) is 14.0. The van der Waals surface area contributed by atoms with Gasteiger partial charge in [-0.25, -0.2) is 0 Å². The number of allylic oxidation sites excluding steroid dienone is 2. The Balaban J connectivity index is 2.71. The van der Waals surface area contributed by atoms with E-state index in [1.165, 1.54) is 0 Å². The largest absolute Gasteiger partial charge is 0.297 e. The second-order valence-corrected chi connectivity index (χ2v) is 5.18. The van der Waals surface area contributed by atoms with Gasteiger partial charge in [0, 0.05) is 6.42 Å². The van der Waals surface area contributed by atoms with Gasteiger partial charge < -0.3 is 0 Å². The zero-order valence-electron chi connectivity index (χ0n) is 12.5. The molecule has 0 spiro atoms. The highest BCUT2D eigenvalue weighted by molar-refractivity contribution is 5.91. The van der Waals surface area contributed by atoms with E-state index in [0.29, 0.717) is 12.2 Å². The molecule has 1 unspecified atom stereocenters. The molecule has 0 amide bonds. The molecule has 1 aliphatic rings. The van der Waals surface area contributed by atoms with E-state index in [-0.39, 0.29) is 5.54 Å². The summed E-state index contributed by atoms with van der Waals surface area (Å²) in [4.78, 5) is 15.0. The van der Waals surface area contributed by atoms with Crippen LogP contribution < -0.4 is 0 Å². The van der Waals surface area contributed by atoms with Crippen LogP contribution in [0.5, 0.6) is 0 Å². The maximum absolute atomic E-state index is 12.7. The first-order chi connectivity index (χ1) is 9.21. The highest BCUT2D eigenvalue weighted by atomic mass is 16.1. The highest BCUT2D eigenvalue weighted by Crippen LogP contribution is 2.28. The van der Waals surface area contributed by atoms with E-state index in [0.717, 1.165) is 45.2 Å². The SMILES string of the molecule is [CH2]CCCCCC(=O)C1(N(CC)CC)C=CC=CC1. The smallest absolute Gasteiger partial charge is 0.157 e. The standard InChI is InChI=1S/C17H28NO/c1-4-7-8-10-13-16(19)17(18(5-2)6-3)14-11-9-12-15-17/h9,11-12,14H,1,4-8,10,13,15H2,2-3H3. The summed E-state index contributed by atoms with van der Waals surface area (Å²) in [6.45, 7) is 9.94. The Morgan fingerprint density at radius 1 is 1.21 bits per heavy atom. The summed E-state index contributed by atoms with van der Waals surface area (Å²) in [7, 11) is 0. The molecule has 1 atom stereocenters. The number of unbranched alkanes of at least 4 members (excludes halogenated alkanes) is 3. The van der Waals surface area contributed by atoms with Crippen LogP contribution in [0.2, 0.25) is 0 Å². The van der Waals surface area contributed by atoms with Gasteiger partial charge >= 0.3 is 0 Å². The first-order valence-corrected chi connectivity index (χ1v) is 7.63. The van der Waals surface area contributed by atoms with Gasteiger partial charge in [0.05, 0.1) is 0 Å². The molecule has 0 aromatic heterocycles. The van der Waals surface area contributed by atoms with Crippen LogP contribution in [0.4, 0.5) is 0 Å². The molecule has 1 rings (SSSR count). The lowest BCUT2D eigenvalue weighted by molar-refractivity contribution is -0.128. The van der Waals surface area contributed by atoms with Crippen molar-refractivity contribution in [2.45, 2.75) is 57.9 Å². The van der Waals surface area contributed by atoms with Crippen molar-refractivity contribution < 1.29 is 4.79 Å². The third kappa shape index (κ3) is 4.04. The zero-order valence-corrected chi connectivity index (χ0v) is 12.5. The van der Waals surface area contributed by atoms with Gasteiger partial charge in [0.2, 0.25) is 0 Å². The van der Waals surface area contributed by atoms with E-state index in [9.17, 15) is 4.79 Å². The first-order valence-electron chi connectivity index (χ1n) is 7.63. The topological polar surface area (TPSA) is 20.3 Å². The molecule has 2 heteroatoms. The lowest BCUT2D eigenvalue weighted by Crippen LogP contribution is -2.53. The van der Waals surface area contributed by atoms with Crippen molar-refractivity contribution >= 4 is 5.78 Å². The molecule has 0 N–H and O–H groups in total. The fourth-order valence-electron chi connectivity index (χ4n) is 2.87. The van der Waals surface area contributed by atoms with Crippen LogP contribution in [0, 0.1) is 6.92 Å². The number of carbonyl (C=O) groups is 1. The number of ketones is 1. The quantitative estimate of drug-likeness (QED) is 0.587. The van der Waals surface area contributed by atoms with Gasteiger partial charge in [0.25, 0.3) is 0 Å². The van der Waals surface area contributed by atoms with Gasteiger partial charge in [-0.05, 0) is 25.9 Å². The minimum Gasteiger partial charge on any atom is -0.297 e. The van der Waals surface area contributed by atoms with Crippen LogP contribution in [-0.2, 0) is 4.79 Å². The van der Waals surface area contributed by atoms with Crippen LogP contribution in [0.15, 0.2) is 24.3 Å². The fourth-order valence-corrected chi connectivity index (χ4v) is 2.87. The van der Waals surface area contributed by atoms with E-state index < -0.39 is 0 Å². The van der Waals surface area contributed by atoms with Crippen LogP contribution in [0.25, 0.3) is 0 Å². The van der Waals surface area contributed by atoms with Gasteiger partial charge in [-0.15, -0.1) is 0 Å². The average Bonchev–Trinajstić information content (AvgIpc) is 2.45. The van der Waals surface area contributed by atoms with Crippen molar-refractivity contribution in [2.24, 2.45) is 0 Å². The minimum absolute atomic E-state index is 0.376. The lowest BCUT2D eigenvalue weighted by Gasteiger charge is -2.40. The van der Waals surface area contributed by atoms with Crippen LogP contribution >= 0.6 is 0 Å². The molecule has 19 heavy (non-hydrogen) atoms. The van der Waals surface area contributed by atoms with Gasteiger partial charge in [-0.3, -0.25) is 9.69 Å². The summed E-state index contributed by atoms with van der Waals surface area (Å²) < 4.78 is 0. The minimum atomic E-state index is -0.386. The molecule has 1 aliphatic carbocycles. The van der Waals surface area contributed by atoms with Crippen molar-refractivity contribution in [2.75, 3.05) is 13.1 Å². The predicted octanol–water partition coefficient (Wildman–Crippen LogP) is 3.94. The summed E-state index contributed by atoms with van der Waals surface area (Å²) >= 11 is 0. The Bertz CT molecular complexity index is 328. The number of nitrogens with zero attached hydrogens (tertiary/aromatic N) is 1. The summed E-state index contributed by atoms with van der Waals surface area (Å²) in [5.41, 5.74) is -0.386. The number of likely N-dealkylation sites (N-methyl/N-ethyl adjacent to an activating group) is 1. The molecule has 1 radical (unpaired) electrons. The van der Waals surface area contributed by atoms with Gasteiger partial charge in [0.15, 0.2) is 5.78 Å². The number of carbonyl (C=O) groups excluding carboxylic acids is 1. The van der Waals surface area contributed by atoms with E-state index in [1.54, 1.807) is 0 Å². The number of Topliss-reactive ketones (excluding diaryl/α,β-unsaturated/α-hetero) is 1. The molecule has 0 bridgehead atoms. The Morgan fingerprint density at radius 2 is 1.95 bits per heavy atom. The summed E-state index contributed by atoms with van der Waals surface area (Å²) in [6, 6.07) is 0. The van der Waals surface area contributed by atoms with Gasteiger partial charge in [-0.2, -0.15) is 0 Å². The van der Waals surface area contributed by atoms with Gasteiger partial charge in [0.1, 0.15) is 5.54 Å². The molecule has 0 aromatic carbocycles. The maximum Gasteiger partial charge on any atom is 0.157 e. The first kappa shape index (κ1) is 16.2. The molecule has 0 saturated carbocycles. The Labute approximate surface area is 118 Å². The van der Waals surface area contributed by atoms with Crippen LogP contribution in [-0.4, -0.2) is 29.3 Å². The van der Waals surface area contributed by atoms with E-state index in [1.807, 2.05) is 12.2 Å². The predicted molar refractivity (Wildman–Crippen MR) is 82.0 cm³/mol. The Morgan fingerprint density at radius 3 is 2.47 bits per heavy atom. The molecule has 0 heterocycles. The highest BCUT2D eigenvalue weighted by Gasteiger charge is 2.39. The van der Waals surface area contributed by atoms with Crippen LogP contribution in [0.3, 0.4) is 0 Å². The molecule has 0 aromatic rings. The number of rotatable bonds is 9. The Kier molecular flexibility index (Phi) is 7.07. The summed E-state index contributed by atoms with van der Waals surface area (Å²) in [5.74, 6) is 0.376. The van der Waals surface area contributed by atoms with Crippen LogP contribution in [0.1, 0.15) is 52.4 Å².